The Hall–Kier alpha value is -0.310. The summed E-state index contributed by atoms with van der Waals surface area (Å²) in [6, 6.07) is 0.659. The summed E-state index contributed by atoms with van der Waals surface area (Å²) in [4.78, 5) is 0. The smallest absolute Gasteiger partial charge is 0.166 e. The Labute approximate surface area is 67.4 Å². The number of rotatable bonds is 2. The van der Waals surface area contributed by atoms with Gasteiger partial charge in [0, 0.05) is 12.6 Å². The monoisotopic (exact) mass is 158 g/mol. The van der Waals surface area contributed by atoms with E-state index in [4.69, 9.17) is 12.2 Å². The van der Waals surface area contributed by atoms with Crippen LogP contribution in [0, 0.1) is 0 Å². The molecule has 0 saturated heterocycles. The molecular weight excluding hydrogens is 144 g/mol. The van der Waals surface area contributed by atoms with Crippen molar-refractivity contribution in [3.8, 4) is 0 Å². The van der Waals surface area contributed by atoms with Crippen molar-refractivity contribution in [2.45, 2.75) is 32.2 Å². The molecule has 0 bridgehead atoms. The maximum atomic E-state index is 5.01. The Balaban J connectivity index is 2.05. The van der Waals surface area contributed by atoms with E-state index in [0.29, 0.717) is 6.04 Å². The zero-order chi connectivity index (χ0) is 7.40. The fourth-order valence-electron chi connectivity index (χ4n) is 0.950. The highest BCUT2D eigenvalue weighted by Gasteiger charge is 2.16. The molecule has 1 rings (SSSR count). The summed E-state index contributed by atoms with van der Waals surface area (Å²) in [5.41, 5.74) is 0. The molecule has 2 nitrogen and oxygen atoms in total. The second-order valence-corrected chi connectivity index (χ2v) is 3.04. The van der Waals surface area contributed by atoms with Crippen molar-refractivity contribution in [2.24, 2.45) is 0 Å². The van der Waals surface area contributed by atoms with Gasteiger partial charge in [-0.05, 0) is 38.4 Å². The van der Waals surface area contributed by atoms with Crippen LogP contribution in [0.3, 0.4) is 0 Å². The summed E-state index contributed by atoms with van der Waals surface area (Å²) >= 11 is 5.01. The van der Waals surface area contributed by atoms with Gasteiger partial charge in [-0.1, -0.05) is 0 Å². The lowest BCUT2D eigenvalue weighted by Gasteiger charge is -2.27. The van der Waals surface area contributed by atoms with Gasteiger partial charge in [0.2, 0.25) is 0 Å². The molecule has 3 heteroatoms. The third kappa shape index (κ3) is 2.14. The Morgan fingerprint density at radius 2 is 2.30 bits per heavy atom. The third-order valence-corrected chi connectivity index (χ3v) is 2.04. The molecule has 1 aliphatic carbocycles. The lowest BCUT2D eigenvalue weighted by Crippen LogP contribution is -2.44. The molecule has 0 radical (unpaired) electrons. The van der Waals surface area contributed by atoms with Crippen LogP contribution in [0.5, 0.6) is 0 Å². The number of hydrogen-bond acceptors (Lipinski definition) is 1. The van der Waals surface area contributed by atoms with Gasteiger partial charge in [-0.25, -0.2) is 0 Å². The first kappa shape index (κ1) is 7.79. The molecule has 0 aromatic heterocycles. The average Bonchev–Trinajstić information content (AvgIpc) is 1.80. The highest BCUT2D eigenvalue weighted by Crippen LogP contribution is 2.17. The molecular formula is C7H14N2S. The normalized spacial score (nSPS) is 17.7. The van der Waals surface area contributed by atoms with Crippen LogP contribution in [0.1, 0.15) is 26.2 Å². The van der Waals surface area contributed by atoms with Crippen LogP contribution in [0.4, 0.5) is 0 Å². The summed E-state index contributed by atoms with van der Waals surface area (Å²) in [5.74, 6) is 0. The fraction of sp³-hybridized carbons (Fsp3) is 0.857. The summed E-state index contributed by atoms with van der Waals surface area (Å²) in [6.07, 6.45) is 3.92. The first-order chi connectivity index (χ1) is 4.83. The van der Waals surface area contributed by atoms with E-state index in [2.05, 4.69) is 17.6 Å². The van der Waals surface area contributed by atoms with E-state index < -0.39 is 0 Å². The molecule has 1 fully saturated rings. The fourth-order valence-corrected chi connectivity index (χ4v) is 1.26. The van der Waals surface area contributed by atoms with Crippen LogP contribution in [-0.4, -0.2) is 17.7 Å². The predicted octanol–water partition coefficient (Wildman–Crippen LogP) is 1.02. The van der Waals surface area contributed by atoms with Gasteiger partial charge in [0.1, 0.15) is 0 Å². The highest BCUT2D eigenvalue weighted by molar-refractivity contribution is 7.80. The number of thiocarbonyl (C=S) groups is 1. The molecule has 0 aromatic rings. The van der Waals surface area contributed by atoms with Gasteiger partial charge >= 0.3 is 0 Å². The van der Waals surface area contributed by atoms with Crippen LogP contribution in [0.15, 0.2) is 0 Å². The summed E-state index contributed by atoms with van der Waals surface area (Å²) in [6.45, 7) is 2.97. The largest absolute Gasteiger partial charge is 0.363 e. The SMILES string of the molecule is CCNC(=S)NC1CCC1. The van der Waals surface area contributed by atoms with Gasteiger partial charge in [-0.3, -0.25) is 0 Å². The maximum absolute atomic E-state index is 5.01. The van der Waals surface area contributed by atoms with Crippen molar-refractivity contribution in [3.05, 3.63) is 0 Å². The number of nitrogens with one attached hydrogen (secondary N) is 2. The minimum Gasteiger partial charge on any atom is -0.363 e. The lowest BCUT2D eigenvalue weighted by molar-refractivity contribution is 0.382. The molecule has 0 amide bonds. The van der Waals surface area contributed by atoms with E-state index >= 15 is 0 Å². The van der Waals surface area contributed by atoms with E-state index in [0.717, 1.165) is 11.7 Å². The Morgan fingerprint density at radius 1 is 1.60 bits per heavy atom. The van der Waals surface area contributed by atoms with Crippen molar-refractivity contribution < 1.29 is 0 Å². The van der Waals surface area contributed by atoms with Gasteiger partial charge in [0.15, 0.2) is 5.11 Å². The Kier molecular flexibility index (Phi) is 2.93. The van der Waals surface area contributed by atoms with Gasteiger partial charge in [-0.2, -0.15) is 0 Å². The molecule has 10 heavy (non-hydrogen) atoms. The average molecular weight is 158 g/mol. The molecule has 0 heterocycles. The standard InChI is InChI=1S/C7H14N2S/c1-2-8-7(10)9-6-4-3-5-6/h6H,2-5H2,1H3,(H2,8,9,10). The van der Waals surface area contributed by atoms with Crippen LogP contribution in [-0.2, 0) is 0 Å². The van der Waals surface area contributed by atoms with Crippen molar-refractivity contribution in [3.63, 3.8) is 0 Å². The zero-order valence-electron chi connectivity index (χ0n) is 6.31. The third-order valence-electron chi connectivity index (χ3n) is 1.78. The predicted molar refractivity (Wildman–Crippen MR) is 47.0 cm³/mol. The summed E-state index contributed by atoms with van der Waals surface area (Å²) < 4.78 is 0. The van der Waals surface area contributed by atoms with Gasteiger partial charge in [0.05, 0.1) is 0 Å². The zero-order valence-corrected chi connectivity index (χ0v) is 7.13. The van der Waals surface area contributed by atoms with E-state index in [1.54, 1.807) is 0 Å². The minimum absolute atomic E-state index is 0.659. The quantitative estimate of drug-likeness (QED) is 0.587. The van der Waals surface area contributed by atoms with E-state index in [-0.39, 0.29) is 0 Å². The van der Waals surface area contributed by atoms with E-state index in [1.165, 1.54) is 19.3 Å². The molecule has 1 saturated carbocycles. The van der Waals surface area contributed by atoms with Crippen LogP contribution in [0.25, 0.3) is 0 Å². The van der Waals surface area contributed by atoms with Crippen LogP contribution >= 0.6 is 12.2 Å². The number of hydrogen-bond donors (Lipinski definition) is 2. The summed E-state index contributed by atoms with van der Waals surface area (Å²) in [7, 11) is 0. The molecule has 58 valence electrons. The highest BCUT2D eigenvalue weighted by atomic mass is 32.1. The van der Waals surface area contributed by atoms with Crippen LogP contribution < -0.4 is 10.6 Å². The van der Waals surface area contributed by atoms with Crippen molar-refractivity contribution in [1.82, 2.24) is 10.6 Å². The van der Waals surface area contributed by atoms with Gasteiger partial charge in [-0.15, -0.1) is 0 Å². The topological polar surface area (TPSA) is 24.1 Å². The molecule has 0 aliphatic heterocycles. The summed E-state index contributed by atoms with van der Waals surface area (Å²) in [5, 5.41) is 7.11. The molecule has 0 unspecified atom stereocenters. The van der Waals surface area contributed by atoms with E-state index in [9.17, 15) is 0 Å². The Morgan fingerprint density at radius 3 is 2.70 bits per heavy atom. The second kappa shape index (κ2) is 3.76. The molecule has 0 spiro atoms. The van der Waals surface area contributed by atoms with Gasteiger partial charge < -0.3 is 10.6 Å². The molecule has 0 atom stereocenters. The molecule has 2 N–H and O–H groups in total. The van der Waals surface area contributed by atoms with Crippen molar-refractivity contribution >= 4 is 17.3 Å². The molecule has 1 aliphatic rings. The van der Waals surface area contributed by atoms with Crippen molar-refractivity contribution in [2.75, 3.05) is 6.54 Å². The first-order valence-corrected chi connectivity index (χ1v) is 4.28. The second-order valence-electron chi connectivity index (χ2n) is 2.63. The van der Waals surface area contributed by atoms with Gasteiger partial charge in [0.25, 0.3) is 0 Å². The van der Waals surface area contributed by atoms with E-state index in [1.807, 2.05) is 0 Å². The lowest BCUT2D eigenvalue weighted by atomic mass is 9.93. The first-order valence-electron chi connectivity index (χ1n) is 3.87. The Bertz CT molecular complexity index is 121. The maximum Gasteiger partial charge on any atom is 0.166 e. The molecule has 0 aromatic carbocycles. The van der Waals surface area contributed by atoms with Crippen LogP contribution in [0.2, 0.25) is 0 Å². The van der Waals surface area contributed by atoms with Crippen molar-refractivity contribution in [1.29, 1.82) is 0 Å². The minimum atomic E-state index is 0.659.